The molecule has 0 radical (unpaired) electrons. The highest BCUT2D eigenvalue weighted by atomic mass is 16.7. The second-order valence-electron chi connectivity index (χ2n) is 5.35. The van der Waals surface area contributed by atoms with Crippen LogP contribution in [0.2, 0.25) is 0 Å². The van der Waals surface area contributed by atoms with Gasteiger partial charge in [-0.3, -0.25) is 0 Å². The molecule has 0 spiro atoms. The summed E-state index contributed by atoms with van der Waals surface area (Å²) in [6.45, 7) is 10.4. The maximum absolute atomic E-state index is 5.81. The molecule has 0 aromatic rings. The van der Waals surface area contributed by atoms with E-state index in [-0.39, 0.29) is 11.7 Å². The van der Waals surface area contributed by atoms with Crippen LogP contribution in [0, 0.1) is 11.3 Å². The van der Waals surface area contributed by atoms with Crippen molar-refractivity contribution < 1.29 is 9.47 Å². The molecule has 14 heavy (non-hydrogen) atoms. The van der Waals surface area contributed by atoms with E-state index in [0.717, 1.165) is 19.6 Å². The van der Waals surface area contributed by atoms with Gasteiger partial charge < -0.3 is 9.47 Å². The summed E-state index contributed by atoms with van der Waals surface area (Å²) >= 11 is 0. The van der Waals surface area contributed by atoms with Gasteiger partial charge in [0.15, 0.2) is 6.29 Å². The van der Waals surface area contributed by atoms with E-state index >= 15 is 0 Å². The molecule has 1 saturated heterocycles. The second kappa shape index (κ2) is 5.13. The van der Waals surface area contributed by atoms with E-state index < -0.39 is 0 Å². The zero-order valence-electron chi connectivity index (χ0n) is 10.0. The zero-order valence-corrected chi connectivity index (χ0v) is 10.0. The summed E-state index contributed by atoms with van der Waals surface area (Å²) in [5, 5.41) is 0. The maximum Gasteiger partial charge on any atom is 0.162 e. The minimum atomic E-state index is -0.0237. The Labute approximate surface area is 88.0 Å². The van der Waals surface area contributed by atoms with Crippen molar-refractivity contribution in [2.45, 2.75) is 53.2 Å². The maximum atomic E-state index is 5.81. The van der Waals surface area contributed by atoms with Crippen LogP contribution in [0.3, 0.4) is 0 Å². The summed E-state index contributed by atoms with van der Waals surface area (Å²) in [5.74, 6) is 0.701. The molecular weight excluding hydrogens is 176 g/mol. The Kier molecular flexibility index (Phi) is 4.39. The normalized spacial score (nSPS) is 30.0. The molecule has 0 saturated carbocycles. The molecular formula is C12H24O2. The highest BCUT2D eigenvalue weighted by molar-refractivity contribution is 4.70. The fraction of sp³-hybridized carbons (Fsp3) is 1.00. The molecule has 1 aliphatic heterocycles. The molecule has 0 aromatic carbocycles. The Hall–Kier alpha value is -0.0800. The van der Waals surface area contributed by atoms with Crippen LogP contribution in [0.25, 0.3) is 0 Å². The molecule has 0 N–H and O–H groups in total. The van der Waals surface area contributed by atoms with Crippen LogP contribution in [0.4, 0.5) is 0 Å². The Balaban J connectivity index is 2.41. The van der Waals surface area contributed by atoms with Gasteiger partial charge >= 0.3 is 0 Å². The highest BCUT2D eigenvalue weighted by Gasteiger charge is 2.29. The standard InChI is InChI=1S/C12H24O2/c1-5-6-10-7-8-13-11(14-9-10)12(2,3)4/h10-11H,5-9H2,1-4H3. The molecule has 2 atom stereocenters. The van der Waals surface area contributed by atoms with Crippen molar-refractivity contribution in [2.24, 2.45) is 11.3 Å². The van der Waals surface area contributed by atoms with Gasteiger partial charge in [0.1, 0.15) is 0 Å². The van der Waals surface area contributed by atoms with Crippen LogP contribution < -0.4 is 0 Å². The van der Waals surface area contributed by atoms with Gasteiger partial charge in [0.2, 0.25) is 0 Å². The Bertz CT molecular complexity index is 160. The first-order valence-corrected chi connectivity index (χ1v) is 5.77. The largest absolute Gasteiger partial charge is 0.352 e. The fourth-order valence-electron chi connectivity index (χ4n) is 1.83. The first kappa shape index (κ1) is 12.0. The minimum Gasteiger partial charge on any atom is -0.352 e. The van der Waals surface area contributed by atoms with E-state index in [2.05, 4.69) is 27.7 Å². The van der Waals surface area contributed by atoms with E-state index in [1.807, 2.05) is 0 Å². The van der Waals surface area contributed by atoms with Gasteiger partial charge in [-0.2, -0.15) is 0 Å². The Morgan fingerprint density at radius 1 is 1.21 bits per heavy atom. The monoisotopic (exact) mass is 200 g/mol. The lowest BCUT2D eigenvalue weighted by Gasteiger charge is -2.28. The van der Waals surface area contributed by atoms with Crippen LogP contribution in [0.1, 0.15) is 47.0 Å². The summed E-state index contributed by atoms with van der Waals surface area (Å²) in [6, 6.07) is 0. The van der Waals surface area contributed by atoms with E-state index in [1.165, 1.54) is 12.8 Å². The van der Waals surface area contributed by atoms with E-state index in [4.69, 9.17) is 9.47 Å². The van der Waals surface area contributed by atoms with Crippen molar-refractivity contribution in [3.05, 3.63) is 0 Å². The molecule has 1 aliphatic rings. The first-order valence-electron chi connectivity index (χ1n) is 5.77. The highest BCUT2D eigenvalue weighted by Crippen LogP contribution is 2.27. The van der Waals surface area contributed by atoms with Crippen molar-refractivity contribution >= 4 is 0 Å². The summed E-state index contributed by atoms with van der Waals surface area (Å²) in [4.78, 5) is 0. The van der Waals surface area contributed by atoms with Crippen molar-refractivity contribution in [3.8, 4) is 0 Å². The number of hydrogen-bond donors (Lipinski definition) is 0. The topological polar surface area (TPSA) is 18.5 Å². The molecule has 84 valence electrons. The molecule has 0 aromatic heterocycles. The van der Waals surface area contributed by atoms with Gasteiger partial charge in [0.05, 0.1) is 13.2 Å². The number of ether oxygens (including phenoxy) is 2. The SMILES string of the molecule is CCCC1CCOC(C(C)(C)C)OC1. The summed E-state index contributed by atoms with van der Waals surface area (Å²) in [6.07, 6.45) is 3.64. The lowest BCUT2D eigenvalue weighted by Crippen LogP contribution is -2.31. The van der Waals surface area contributed by atoms with E-state index in [9.17, 15) is 0 Å². The van der Waals surface area contributed by atoms with Crippen LogP contribution in [-0.2, 0) is 9.47 Å². The minimum absolute atomic E-state index is 0.0237. The van der Waals surface area contributed by atoms with Gasteiger partial charge in [-0.25, -0.2) is 0 Å². The zero-order chi connectivity index (χ0) is 10.6. The fourth-order valence-corrected chi connectivity index (χ4v) is 1.83. The van der Waals surface area contributed by atoms with Crippen molar-refractivity contribution in [1.29, 1.82) is 0 Å². The molecule has 1 fully saturated rings. The Morgan fingerprint density at radius 3 is 2.50 bits per heavy atom. The lowest BCUT2D eigenvalue weighted by molar-refractivity contribution is -0.183. The molecule has 0 amide bonds. The van der Waals surface area contributed by atoms with Gasteiger partial charge in [-0.05, 0) is 18.8 Å². The summed E-state index contributed by atoms with van der Waals surface area (Å²) < 4.78 is 11.5. The molecule has 0 bridgehead atoms. The van der Waals surface area contributed by atoms with Crippen molar-refractivity contribution in [3.63, 3.8) is 0 Å². The van der Waals surface area contributed by atoms with Crippen LogP contribution in [-0.4, -0.2) is 19.5 Å². The van der Waals surface area contributed by atoms with E-state index in [1.54, 1.807) is 0 Å². The molecule has 1 rings (SSSR count). The third-order valence-corrected chi connectivity index (χ3v) is 2.68. The van der Waals surface area contributed by atoms with Gasteiger partial charge in [-0.15, -0.1) is 0 Å². The molecule has 1 heterocycles. The predicted molar refractivity (Wildman–Crippen MR) is 58.2 cm³/mol. The van der Waals surface area contributed by atoms with Crippen molar-refractivity contribution in [2.75, 3.05) is 13.2 Å². The Morgan fingerprint density at radius 2 is 1.93 bits per heavy atom. The molecule has 2 nitrogen and oxygen atoms in total. The number of rotatable bonds is 2. The van der Waals surface area contributed by atoms with Crippen LogP contribution in [0.15, 0.2) is 0 Å². The average Bonchev–Trinajstić information content (AvgIpc) is 2.29. The average molecular weight is 200 g/mol. The van der Waals surface area contributed by atoms with E-state index in [0.29, 0.717) is 5.92 Å². The van der Waals surface area contributed by atoms with Crippen LogP contribution in [0.5, 0.6) is 0 Å². The second-order valence-corrected chi connectivity index (χ2v) is 5.35. The molecule has 0 aliphatic carbocycles. The number of hydrogen-bond acceptors (Lipinski definition) is 2. The first-order chi connectivity index (χ1) is 6.54. The molecule has 2 heteroatoms. The molecule has 2 unspecified atom stereocenters. The lowest BCUT2D eigenvalue weighted by atomic mass is 9.96. The summed E-state index contributed by atoms with van der Waals surface area (Å²) in [5.41, 5.74) is 0.0983. The van der Waals surface area contributed by atoms with Crippen molar-refractivity contribution in [1.82, 2.24) is 0 Å². The van der Waals surface area contributed by atoms with Crippen LogP contribution >= 0.6 is 0 Å². The smallest absolute Gasteiger partial charge is 0.162 e. The van der Waals surface area contributed by atoms with Gasteiger partial charge in [-0.1, -0.05) is 34.1 Å². The van der Waals surface area contributed by atoms with Gasteiger partial charge in [0.25, 0.3) is 0 Å². The predicted octanol–water partition coefficient (Wildman–Crippen LogP) is 3.21. The van der Waals surface area contributed by atoms with Gasteiger partial charge in [0, 0.05) is 5.41 Å². The third kappa shape index (κ3) is 3.58. The summed E-state index contributed by atoms with van der Waals surface area (Å²) in [7, 11) is 0. The third-order valence-electron chi connectivity index (χ3n) is 2.68. The quantitative estimate of drug-likeness (QED) is 0.681.